The van der Waals surface area contributed by atoms with E-state index in [2.05, 4.69) is 10.5 Å². The highest BCUT2D eigenvalue weighted by Gasteiger charge is 2.10. The molecule has 0 spiro atoms. The lowest BCUT2D eigenvalue weighted by atomic mass is 10.1. The number of methoxy groups -OCH3 is 1. The fraction of sp³-hybridized carbons (Fsp3) is 0.217. The van der Waals surface area contributed by atoms with Crippen LogP contribution in [0.4, 0.5) is 0 Å². The maximum atomic E-state index is 12.1. The first-order chi connectivity index (χ1) is 14.4. The van der Waals surface area contributed by atoms with Crippen LogP contribution in [0.1, 0.15) is 38.4 Å². The lowest BCUT2D eigenvalue weighted by molar-refractivity contribution is 0.0953. The van der Waals surface area contributed by atoms with Gasteiger partial charge < -0.3 is 13.9 Å². The quantitative estimate of drug-likeness (QED) is 0.415. The molecular weight excluding hydrogens is 404 g/mol. The minimum absolute atomic E-state index is 0.311. The molecule has 1 N–H and O–H groups in total. The van der Waals surface area contributed by atoms with Gasteiger partial charge >= 0.3 is 0 Å². The average molecular weight is 427 g/mol. The van der Waals surface area contributed by atoms with Crippen LogP contribution in [0, 0.1) is 20.8 Å². The van der Waals surface area contributed by atoms with Gasteiger partial charge in [0.2, 0.25) is 0 Å². The Hall–Kier alpha value is -3.25. The van der Waals surface area contributed by atoms with Crippen LogP contribution < -0.4 is 14.9 Å². The van der Waals surface area contributed by atoms with E-state index in [1.807, 2.05) is 44.2 Å². The molecule has 3 aromatic rings. The largest absolute Gasteiger partial charge is 0.496 e. The predicted octanol–water partition coefficient (Wildman–Crippen LogP) is 5.21. The van der Waals surface area contributed by atoms with Crippen molar-refractivity contribution < 1.29 is 18.7 Å². The van der Waals surface area contributed by atoms with E-state index in [9.17, 15) is 4.79 Å². The van der Waals surface area contributed by atoms with Gasteiger partial charge in [-0.25, -0.2) is 5.43 Å². The number of carbonyl (C=O) groups excluding carboxylic acids is 1. The first-order valence-corrected chi connectivity index (χ1v) is 9.70. The number of hydrogen-bond acceptors (Lipinski definition) is 5. The van der Waals surface area contributed by atoms with Crippen LogP contribution in [0.15, 0.2) is 52.2 Å². The average Bonchev–Trinajstić information content (AvgIpc) is 3.16. The zero-order valence-electron chi connectivity index (χ0n) is 17.3. The minimum atomic E-state index is -0.331. The number of carbonyl (C=O) groups is 1. The second-order valence-electron chi connectivity index (χ2n) is 6.82. The van der Waals surface area contributed by atoms with Crippen LogP contribution in [0.5, 0.6) is 11.5 Å². The monoisotopic (exact) mass is 426 g/mol. The van der Waals surface area contributed by atoms with Gasteiger partial charge in [0.05, 0.1) is 25.2 Å². The molecule has 3 rings (SSSR count). The van der Waals surface area contributed by atoms with Crippen molar-refractivity contribution in [2.45, 2.75) is 27.4 Å². The maximum Gasteiger partial charge on any atom is 0.274 e. The van der Waals surface area contributed by atoms with Crippen molar-refractivity contribution in [3.8, 4) is 11.5 Å². The standard InChI is InChI=1S/C23H23ClN2O4/c1-14-9-19(10-15(2)22(14)24)30-13-18-11-17(5-6-21(18)28-4)12-25-26-23(27)20-7-8-29-16(20)3/h5-12H,13H2,1-4H3,(H,26,27)/b25-12+. The smallest absolute Gasteiger partial charge is 0.274 e. The van der Waals surface area contributed by atoms with Crippen LogP contribution in [0.3, 0.4) is 0 Å². The van der Waals surface area contributed by atoms with Gasteiger partial charge in [-0.15, -0.1) is 0 Å². The number of benzene rings is 2. The summed E-state index contributed by atoms with van der Waals surface area (Å²) in [7, 11) is 1.61. The van der Waals surface area contributed by atoms with Crippen LogP contribution in [-0.4, -0.2) is 19.2 Å². The molecule has 0 radical (unpaired) electrons. The Morgan fingerprint density at radius 1 is 1.17 bits per heavy atom. The molecule has 0 aliphatic carbocycles. The molecule has 0 fully saturated rings. The molecule has 30 heavy (non-hydrogen) atoms. The second kappa shape index (κ2) is 9.50. The summed E-state index contributed by atoms with van der Waals surface area (Å²) < 4.78 is 16.5. The highest BCUT2D eigenvalue weighted by Crippen LogP contribution is 2.27. The Bertz CT molecular complexity index is 1070. The third kappa shape index (κ3) is 5.02. The molecule has 7 heteroatoms. The summed E-state index contributed by atoms with van der Waals surface area (Å²) in [6.07, 6.45) is 3.03. The van der Waals surface area contributed by atoms with Crippen molar-refractivity contribution in [3.05, 3.63) is 81.3 Å². The summed E-state index contributed by atoms with van der Waals surface area (Å²) >= 11 is 6.22. The first-order valence-electron chi connectivity index (χ1n) is 9.33. The molecule has 0 saturated carbocycles. The molecule has 0 aliphatic heterocycles. The van der Waals surface area contributed by atoms with Crippen LogP contribution in [0.2, 0.25) is 5.02 Å². The van der Waals surface area contributed by atoms with Gasteiger partial charge in [-0.2, -0.15) is 5.10 Å². The van der Waals surface area contributed by atoms with Gasteiger partial charge in [0.15, 0.2) is 0 Å². The van der Waals surface area contributed by atoms with Crippen molar-refractivity contribution in [1.82, 2.24) is 5.43 Å². The highest BCUT2D eigenvalue weighted by molar-refractivity contribution is 6.32. The molecule has 0 unspecified atom stereocenters. The fourth-order valence-electron chi connectivity index (χ4n) is 2.99. The van der Waals surface area contributed by atoms with Crippen molar-refractivity contribution in [3.63, 3.8) is 0 Å². The van der Waals surface area contributed by atoms with Crippen LogP contribution >= 0.6 is 11.6 Å². The molecule has 0 aliphatic rings. The second-order valence-corrected chi connectivity index (χ2v) is 7.20. The van der Waals surface area contributed by atoms with Gasteiger partial charge in [0, 0.05) is 10.6 Å². The Labute approximate surface area is 180 Å². The molecule has 156 valence electrons. The van der Waals surface area contributed by atoms with Gasteiger partial charge in [-0.1, -0.05) is 11.6 Å². The number of nitrogens with zero attached hydrogens (tertiary/aromatic N) is 1. The lowest BCUT2D eigenvalue weighted by Crippen LogP contribution is -2.17. The molecule has 1 aromatic heterocycles. The summed E-state index contributed by atoms with van der Waals surface area (Å²) in [5, 5.41) is 4.77. The van der Waals surface area contributed by atoms with E-state index < -0.39 is 0 Å². The third-order valence-corrected chi connectivity index (χ3v) is 5.19. The molecule has 1 amide bonds. The summed E-state index contributed by atoms with van der Waals surface area (Å²) in [4.78, 5) is 12.1. The topological polar surface area (TPSA) is 73.1 Å². The van der Waals surface area contributed by atoms with E-state index in [0.29, 0.717) is 23.7 Å². The first kappa shape index (κ1) is 21.5. The van der Waals surface area contributed by atoms with Gasteiger partial charge in [-0.05, 0) is 73.9 Å². The summed E-state index contributed by atoms with van der Waals surface area (Å²) in [5.41, 5.74) is 6.51. The van der Waals surface area contributed by atoms with E-state index >= 15 is 0 Å². The number of nitrogens with one attached hydrogen (secondary N) is 1. The Balaban J connectivity index is 1.70. The number of aryl methyl sites for hydroxylation is 3. The zero-order chi connectivity index (χ0) is 21.7. The number of halogens is 1. The van der Waals surface area contributed by atoms with Crippen molar-refractivity contribution in [1.29, 1.82) is 0 Å². The van der Waals surface area contributed by atoms with E-state index in [1.54, 1.807) is 26.3 Å². The highest BCUT2D eigenvalue weighted by atomic mass is 35.5. The molecule has 6 nitrogen and oxygen atoms in total. The number of furan rings is 1. The van der Waals surface area contributed by atoms with Crippen molar-refractivity contribution in [2.24, 2.45) is 5.10 Å². The maximum absolute atomic E-state index is 12.1. The lowest BCUT2D eigenvalue weighted by Gasteiger charge is -2.13. The molecule has 2 aromatic carbocycles. The predicted molar refractivity (Wildman–Crippen MR) is 117 cm³/mol. The summed E-state index contributed by atoms with van der Waals surface area (Å²) in [6, 6.07) is 11.0. The number of hydrogen-bond donors (Lipinski definition) is 1. The van der Waals surface area contributed by atoms with Crippen LogP contribution in [0.25, 0.3) is 0 Å². The Morgan fingerprint density at radius 2 is 1.90 bits per heavy atom. The van der Waals surface area contributed by atoms with E-state index in [4.69, 9.17) is 25.5 Å². The van der Waals surface area contributed by atoms with E-state index in [0.717, 1.165) is 33.0 Å². The molecule has 0 atom stereocenters. The van der Waals surface area contributed by atoms with Crippen molar-refractivity contribution in [2.75, 3.05) is 7.11 Å². The molecule has 1 heterocycles. The molecule has 0 saturated heterocycles. The molecular formula is C23H23ClN2O4. The number of hydrazone groups is 1. The SMILES string of the molecule is COc1ccc(/C=N/NC(=O)c2ccoc2C)cc1COc1cc(C)c(Cl)c(C)c1. The Kier molecular flexibility index (Phi) is 6.79. The normalized spacial score (nSPS) is 11.0. The minimum Gasteiger partial charge on any atom is -0.496 e. The summed E-state index contributed by atoms with van der Waals surface area (Å²) in [6.45, 7) is 5.92. The molecule has 0 bridgehead atoms. The van der Waals surface area contributed by atoms with E-state index in [-0.39, 0.29) is 5.91 Å². The van der Waals surface area contributed by atoms with Crippen molar-refractivity contribution >= 4 is 23.7 Å². The third-order valence-electron chi connectivity index (χ3n) is 4.59. The number of amides is 1. The number of rotatable bonds is 7. The number of ether oxygens (including phenoxy) is 2. The van der Waals surface area contributed by atoms with Crippen LogP contribution in [-0.2, 0) is 6.61 Å². The van der Waals surface area contributed by atoms with Gasteiger partial charge in [0.1, 0.15) is 23.9 Å². The van der Waals surface area contributed by atoms with Gasteiger partial charge in [-0.3, -0.25) is 4.79 Å². The summed E-state index contributed by atoms with van der Waals surface area (Å²) in [5.74, 6) is 1.65. The Morgan fingerprint density at radius 3 is 2.53 bits per heavy atom. The zero-order valence-corrected chi connectivity index (χ0v) is 18.0. The van der Waals surface area contributed by atoms with E-state index in [1.165, 1.54) is 6.26 Å². The van der Waals surface area contributed by atoms with Gasteiger partial charge in [0.25, 0.3) is 5.91 Å². The fourth-order valence-corrected chi connectivity index (χ4v) is 3.10.